The number of hydrogen-bond donors (Lipinski definition) is 2. The van der Waals surface area contributed by atoms with Crippen LogP contribution >= 0.6 is 0 Å². The average molecular weight is 366 g/mol. The fourth-order valence-electron chi connectivity index (χ4n) is 2.01. The van der Waals surface area contributed by atoms with Gasteiger partial charge in [-0.2, -0.15) is 0 Å². The van der Waals surface area contributed by atoms with Crippen LogP contribution in [0.5, 0.6) is 0 Å². The monoisotopic (exact) mass is 366 g/mol. The van der Waals surface area contributed by atoms with Crippen LogP contribution in [-0.4, -0.2) is 11.9 Å². The van der Waals surface area contributed by atoms with Gasteiger partial charge in [0.05, 0.1) is 12.4 Å². The molecule has 0 radical (unpaired) electrons. The summed E-state index contributed by atoms with van der Waals surface area (Å²) < 4.78 is 0. The lowest BCUT2D eigenvalue weighted by molar-refractivity contribution is -0.361. The average Bonchev–Trinajstić information content (AvgIpc) is 2.64. The van der Waals surface area contributed by atoms with Gasteiger partial charge in [-0.3, -0.25) is 0 Å². The van der Waals surface area contributed by atoms with Crippen LogP contribution in [-0.2, 0) is 9.59 Å². The predicted octanol–water partition coefficient (Wildman–Crippen LogP) is -0.322. The SMILES string of the molecule is O=C([O-])CC(=O)[O-].c1ccc(Nc2ccc(Nc3cccc[nH+]3)cc2)[nH+]c1. The third kappa shape index (κ3) is 7.65. The second kappa shape index (κ2) is 10.1. The summed E-state index contributed by atoms with van der Waals surface area (Å²) in [6.07, 6.45) is 2.76. The van der Waals surface area contributed by atoms with Gasteiger partial charge in [0.15, 0.2) is 0 Å². The molecule has 27 heavy (non-hydrogen) atoms. The highest BCUT2D eigenvalue weighted by Gasteiger charge is 2.05. The van der Waals surface area contributed by atoms with Crippen molar-refractivity contribution < 1.29 is 29.8 Å². The summed E-state index contributed by atoms with van der Waals surface area (Å²) in [5.41, 5.74) is 2.07. The highest BCUT2D eigenvalue weighted by atomic mass is 16.4. The van der Waals surface area contributed by atoms with Crippen LogP contribution in [0.2, 0.25) is 0 Å². The first kappa shape index (κ1) is 19.4. The zero-order valence-electron chi connectivity index (χ0n) is 14.3. The lowest BCUT2D eigenvalue weighted by Crippen LogP contribution is -2.32. The molecule has 0 saturated heterocycles. The maximum atomic E-state index is 9.28. The van der Waals surface area contributed by atoms with E-state index in [0.717, 1.165) is 23.0 Å². The Hall–Kier alpha value is -3.94. The first-order chi connectivity index (χ1) is 13.0. The van der Waals surface area contributed by atoms with E-state index in [2.05, 4.69) is 20.6 Å². The van der Waals surface area contributed by atoms with Gasteiger partial charge in [0, 0.05) is 30.5 Å². The molecule has 2 aromatic heterocycles. The zero-order valence-corrected chi connectivity index (χ0v) is 14.3. The number of aromatic nitrogens is 2. The van der Waals surface area contributed by atoms with Crippen LogP contribution in [0.25, 0.3) is 0 Å². The molecule has 1 aromatic carbocycles. The van der Waals surface area contributed by atoms with E-state index in [9.17, 15) is 19.8 Å². The first-order valence-electron chi connectivity index (χ1n) is 8.00. The number of aliphatic carboxylic acids is 2. The number of aromatic amines is 2. The molecule has 4 N–H and O–H groups in total. The van der Waals surface area contributed by atoms with Gasteiger partial charge in [-0.25, -0.2) is 20.6 Å². The molecule has 0 aliphatic heterocycles. The normalized spacial score (nSPS) is 9.48. The molecule has 0 atom stereocenters. The number of carbonyl (C=O) groups excluding carboxylic acids is 2. The van der Waals surface area contributed by atoms with Crippen LogP contribution in [0.3, 0.4) is 0 Å². The van der Waals surface area contributed by atoms with Crippen molar-refractivity contribution in [2.75, 3.05) is 10.6 Å². The number of benzene rings is 1. The number of pyridine rings is 2. The molecule has 138 valence electrons. The number of rotatable bonds is 6. The Kier molecular flexibility index (Phi) is 7.28. The third-order valence-corrected chi connectivity index (χ3v) is 3.15. The first-order valence-corrected chi connectivity index (χ1v) is 8.00. The summed E-state index contributed by atoms with van der Waals surface area (Å²) in [4.78, 5) is 24.8. The van der Waals surface area contributed by atoms with E-state index >= 15 is 0 Å². The van der Waals surface area contributed by atoms with E-state index in [0.29, 0.717) is 0 Å². The molecule has 0 unspecified atom stereocenters. The van der Waals surface area contributed by atoms with Crippen molar-refractivity contribution in [3.05, 3.63) is 73.1 Å². The van der Waals surface area contributed by atoms with Crippen molar-refractivity contribution in [2.24, 2.45) is 0 Å². The summed E-state index contributed by atoms with van der Waals surface area (Å²) in [5, 5.41) is 25.2. The number of carbonyl (C=O) groups is 2. The number of nitrogens with one attached hydrogen (secondary N) is 4. The van der Waals surface area contributed by atoms with Gasteiger partial charge in [-0.1, -0.05) is 12.1 Å². The molecular weight excluding hydrogens is 348 g/mol. The molecule has 0 aliphatic carbocycles. The summed E-state index contributed by atoms with van der Waals surface area (Å²) in [6.45, 7) is 0. The van der Waals surface area contributed by atoms with Crippen molar-refractivity contribution in [1.29, 1.82) is 0 Å². The molecule has 2 heterocycles. The molecule has 8 heteroatoms. The Morgan fingerprint density at radius 3 is 1.37 bits per heavy atom. The Bertz CT molecular complexity index is 783. The number of H-pyrrole nitrogens is 2. The molecular formula is C19H18N4O4. The molecule has 3 aromatic rings. The van der Waals surface area contributed by atoms with E-state index in [-0.39, 0.29) is 0 Å². The Balaban J connectivity index is 0.000000321. The van der Waals surface area contributed by atoms with Crippen molar-refractivity contribution in [1.82, 2.24) is 0 Å². The van der Waals surface area contributed by atoms with Crippen molar-refractivity contribution in [3.8, 4) is 0 Å². The molecule has 0 saturated carbocycles. The van der Waals surface area contributed by atoms with Gasteiger partial charge >= 0.3 is 0 Å². The molecule has 0 amide bonds. The Morgan fingerprint density at radius 2 is 1.11 bits per heavy atom. The summed E-state index contributed by atoms with van der Waals surface area (Å²) in [6, 6.07) is 20.0. The van der Waals surface area contributed by atoms with E-state index < -0.39 is 18.4 Å². The number of anilines is 4. The fraction of sp³-hybridized carbons (Fsp3) is 0.0526. The van der Waals surface area contributed by atoms with Gasteiger partial charge in [0.25, 0.3) is 11.6 Å². The highest BCUT2D eigenvalue weighted by molar-refractivity contribution is 5.86. The minimum Gasteiger partial charge on any atom is -0.550 e. The summed E-state index contributed by atoms with van der Waals surface area (Å²) in [5.74, 6) is -1.32. The minimum absolute atomic E-state index is 0.963. The predicted molar refractivity (Wildman–Crippen MR) is 93.6 cm³/mol. The number of hydrogen-bond acceptors (Lipinski definition) is 6. The van der Waals surface area contributed by atoms with Crippen molar-refractivity contribution in [2.45, 2.75) is 6.42 Å². The third-order valence-electron chi connectivity index (χ3n) is 3.15. The second-order valence-corrected chi connectivity index (χ2v) is 5.30. The van der Waals surface area contributed by atoms with E-state index in [1.54, 1.807) is 0 Å². The Morgan fingerprint density at radius 1 is 0.704 bits per heavy atom. The highest BCUT2D eigenvalue weighted by Crippen LogP contribution is 2.18. The minimum atomic E-state index is -1.63. The fourth-order valence-corrected chi connectivity index (χ4v) is 2.01. The molecule has 3 rings (SSSR count). The molecule has 8 nitrogen and oxygen atoms in total. The van der Waals surface area contributed by atoms with Crippen LogP contribution in [0.4, 0.5) is 23.0 Å². The molecule has 0 bridgehead atoms. The zero-order chi connectivity index (χ0) is 19.5. The van der Waals surface area contributed by atoms with E-state index in [1.807, 2.05) is 73.1 Å². The number of carboxylic acids is 2. The Labute approximate surface area is 155 Å². The lowest BCUT2D eigenvalue weighted by Gasteiger charge is -2.00. The van der Waals surface area contributed by atoms with Gasteiger partial charge in [0.1, 0.15) is 11.4 Å². The van der Waals surface area contributed by atoms with Gasteiger partial charge in [-0.05, 0) is 36.4 Å². The van der Waals surface area contributed by atoms with Crippen LogP contribution < -0.4 is 30.8 Å². The largest absolute Gasteiger partial charge is 0.550 e. The number of carboxylic acid groups (broad SMARTS) is 2. The summed E-state index contributed by atoms with van der Waals surface area (Å²) >= 11 is 0. The maximum Gasteiger partial charge on any atom is 0.277 e. The lowest BCUT2D eigenvalue weighted by atomic mass is 10.2. The van der Waals surface area contributed by atoms with Crippen LogP contribution in [0.1, 0.15) is 6.42 Å². The van der Waals surface area contributed by atoms with E-state index in [4.69, 9.17) is 0 Å². The molecule has 0 aliphatic rings. The van der Waals surface area contributed by atoms with Gasteiger partial charge in [-0.15, -0.1) is 0 Å². The van der Waals surface area contributed by atoms with Gasteiger partial charge < -0.3 is 19.8 Å². The van der Waals surface area contributed by atoms with E-state index in [1.165, 1.54) is 0 Å². The maximum absolute atomic E-state index is 9.28. The summed E-state index contributed by atoms with van der Waals surface area (Å²) in [7, 11) is 0. The smallest absolute Gasteiger partial charge is 0.277 e. The van der Waals surface area contributed by atoms with Crippen molar-refractivity contribution >= 4 is 34.9 Å². The van der Waals surface area contributed by atoms with Crippen molar-refractivity contribution in [3.63, 3.8) is 0 Å². The standard InChI is InChI=1S/C16H14N4.C3H4O4/c1-3-11-17-15(5-1)19-13-7-9-14(10-8-13)20-16-6-2-4-12-18-16;4-2(5)1-3(6)7/h1-12H,(H,17,19)(H,18,20);1H2,(H,4,5)(H,6,7). The quantitative estimate of drug-likeness (QED) is 0.575. The van der Waals surface area contributed by atoms with Crippen LogP contribution in [0, 0.1) is 0 Å². The topological polar surface area (TPSA) is 133 Å². The molecule has 0 spiro atoms. The van der Waals surface area contributed by atoms with Gasteiger partial charge in [0.2, 0.25) is 0 Å². The van der Waals surface area contributed by atoms with Crippen LogP contribution in [0.15, 0.2) is 73.1 Å². The molecule has 0 fully saturated rings. The second-order valence-electron chi connectivity index (χ2n) is 5.30.